The highest BCUT2D eigenvalue weighted by Crippen LogP contribution is 2.39. The molecule has 0 bridgehead atoms. The molecule has 268 valence electrons. The lowest BCUT2D eigenvalue weighted by molar-refractivity contribution is -0.121. The van der Waals surface area contributed by atoms with Crippen molar-refractivity contribution < 1.29 is 33.7 Å². The van der Waals surface area contributed by atoms with E-state index in [1.807, 2.05) is 24.3 Å². The van der Waals surface area contributed by atoms with Crippen LogP contribution in [0.2, 0.25) is 0 Å². The van der Waals surface area contributed by atoms with Crippen LogP contribution in [0.25, 0.3) is 10.9 Å². The number of rotatable bonds is 11. The Hall–Kier alpha value is -6.14. The molecule has 2 aliphatic heterocycles. The summed E-state index contributed by atoms with van der Waals surface area (Å²) in [4.78, 5) is 60.7. The number of hydrogen-bond donors (Lipinski definition) is 2. The Balaban J connectivity index is 1.09. The van der Waals surface area contributed by atoms with Gasteiger partial charge in [-0.15, -0.1) is 0 Å². The van der Waals surface area contributed by atoms with E-state index in [1.54, 1.807) is 57.9 Å². The van der Waals surface area contributed by atoms with Crippen LogP contribution in [0.5, 0.6) is 11.5 Å². The topological polar surface area (TPSA) is 180 Å². The molecule has 52 heavy (non-hydrogen) atoms. The molecule has 2 fully saturated rings. The van der Waals surface area contributed by atoms with Gasteiger partial charge in [-0.3, -0.25) is 24.3 Å². The average molecular weight is 708 g/mol. The van der Waals surface area contributed by atoms with Crippen LogP contribution in [0.15, 0.2) is 71.5 Å². The zero-order valence-corrected chi connectivity index (χ0v) is 28.4. The molecule has 4 heterocycles. The fraction of sp³-hybridized carbons (Fsp3) is 0.351. The Morgan fingerprint density at radius 2 is 1.88 bits per heavy atom. The molecule has 0 unspecified atom stereocenters. The summed E-state index contributed by atoms with van der Waals surface area (Å²) in [5.41, 5.74) is 1.75. The number of fused-ring (bicyclic) bond motifs is 3. The summed E-state index contributed by atoms with van der Waals surface area (Å²) in [7, 11) is 1.59. The first-order valence-electron chi connectivity index (χ1n) is 17.0. The van der Waals surface area contributed by atoms with Crippen molar-refractivity contribution in [1.29, 1.82) is 5.26 Å². The fourth-order valence-corrected chi connectivity index (χ4v) is 7.31. The van der Waals surface area contributed by atoms with E-state index < -0.39 is 18.3 Å². The van der Waals surface area contributed by atoms with Crippen molar-refractivity contribution in [3.05, 3.63) is 88.2 Å². The van der Waals surface area contributed by atoms with Crippen molar-refractivity contribution in [2.75, 3.05) is 43.2 Å². The van der Waals surface area contributed by atoms with Crippen molar-refractivity contribution in [3.8, 4) is 17.6 Å². The van der Waals surface area contributed by atoms with Gasteiger partial charge in [0.05, 0.1) is 36.8 Å². The second-order valence-electron chi connectivity index (χ2n) is 12.9. The number of methoxy groups -OCH3 is 1. The molecule has 1 aliphatic carbocycles. The lowest BCUT2D eigenvalue weighted by atomic mass is 9.87. The maximum absolute atomic E-state index is 13.4. The van der Waals surface area contributed by atoms with E-state index in [0.29, 0.717) is 73.1 Å². The first kappa shape index (κ1) is 34.3. The second kappa shape index (κ2) is 14.6. The molecule has 1 saturated heterocycles. The number of nitriles is 1. The van der Waals surface area contributed by atoms with Gasteiger partial charge >= 0.3 is 12.2 Å². The van der Waals surface area contributed by atoms with Crippen LogP contribution in [0.3, 0.4) is 0 Å². The number of benzene rings is 2. The molecule has 15 nitrogen and oxygen atoms in total. The monoisotopic (exact) mass is 707 g/mol. The van der Waals surface area contributed by atoms with E-state index >= 15 is 0 Å². The van der Waals surface area contributed by atoms with Gasteiger partial charge in [0.1, 0.15) is 17.7 Å². The van der Waals surface area contributed by atoms with Crippen molar-refractivity contribution >= 4 is 40.6 Å². The highest BCUT2D eigenvalue weighted by atomic mass is 16.6. The third kappa shape index (κ3) is 6.93. The van der Waals surface area contributed by atoms with Crippen LogP contribution in [-0.2, 0) is 22.6 Å². The van der Waals surface area contributed by atoms with Crippen LogP contribution in [0.4, 0.5) is 21.2 Å². The number of aromatic nitrogens is 2. The summed E-state index contributed by atoms with van der Waals surface area (Å²) in [6.45, 7) is 1.39. The summed E-state index contributed by atoms with van der Waals surface area (Å²) < 4.78 is 18.5. The smallest absolute Gasteiger partial charge is 0.416 e. The number of carbonyl (C=O) groups is 3. The number of hydrogen-bond acceptors (Lipinski definition) is 10. The zero-order chi connectivity index (χ0) is 36.4. The predicted octanol–water partition coefficient (Wildman–Crippen LogP) is 3.72. The number of carboxylic acid groups (broad SMARTS) is 1. The van der Waals surface area contributed by atoms with E-state index in [-0.39, 0.29) is 43.2 Å². The van der Waals surface area contributed by atoms with E-state index in [9.17, 15) is 29.5 Å². The van der Waals surface area contributed by atoms with Gasteiger partial charge in [0.25, 0.3) is 11.5 Å². The van der Waals surface area contributed by atoms with Crippen molar-refractivity contribution in [2.24, 2.45) is 0 Å². The second-order valence-corrected chi connectivity index (χ2v) is 12.9. The van der Waals surface area contributed by atoms with Crippen molar-refractivity contribution in [2.45, 2.75) is 50.5 Å². The summed E-state index contributed by atoms with van der Waals surface area (Å²) in [6, 6.07) is 21.0. The quantitative estimate of drug-likeness (QED) is 0.232. The number of carbonyl (C=O) groups excluding carboxylic acids is 2. The lowest BCUT2D eigenvalue weighted by Crippen LogP contribution is -2.50. The van der Waals surface area contributed by atoms with Gasteiger partial charge in [-0.1, -0.05) is 18.2 Å². The Morgan fingerprint density at radius 1 is 1.08 bits per heavy atom. The van der Waals surface area contributed by atoms with Crippen LogP contribution in [-0.4, -0.2) is 89.2 Å². The van der Waals surface area contributed by atoms with E-state index in [1.165, 1.54) is 6.07 Å². The van der Waals surface area contributed by atoms with Gasteiger partial charge in [0.2, 0.25) is 0 Å². The van der Waals surface area contributed by atoms with Gasteiger partial charge in [-0.25, -0.2) is 14.6 Å². The maximum atomic E-state index is 13.4. The number of anilines is 2. The maximum Gasteiger partial charge on any atom is 0.416 e. The van der Waals surface area contributed by atoms with Gasteiger partial charge < -0.3 is 29.2 Å². The molecule has 3 amide bonds. The summed E-state index contributed by atoms with van der Waals surface area (Å²) in [5.74, 6) is 1.54. The molecule has 4 aromatic rings. The Bertz CT molecular complexity index is 2110. The van der Waals surface area contributed by atoms with Gasteiger partial charge in [-0.2, -0.15) is 5.26 Å². The van der Waals surface area contributed by atoms with Gasteiger partial charge in [0.15, 0.2) is 18.2 Å². The summed E-state index contributed by atoms with van der Waals surface area (Å²) in [6.07, 6.45) is -0.411. The Morgan fingerprint density at radius 3 is 2.65 bits per heavy atom. The molecule has 2 aromatic heterocycles. The molecule has 3 atom stereocenters. The average Bonchev–Trinajstić information content (AvgIpc) is 3.49. The van der Waals surface area contributed by atoms with E-state index in [0.717, 1.165) is 10.9 Å². The minimum absolute atomic E-state index is 0.0764. The number of amides is 3. The SMILES string of the molecule is COc1ccc(CN2C(=O)COc3ccc(N4C(=O)O[C@@H]5C[C@@H](N(CCNC(=O)O)CCn6c(=O)ccc7ccc(C#N)cc76)CC[C@@H]54)nc32)cc1. The van der Waals surface area contributed by atoms with E-state index in [2.05, 4.69) is 16.3 Å². The molecule has 15 heteroatoms. The van der Waals surface area contributed by atoms with Crippen LogP contribution in [0, 0.1) is 11.3 Å². The number of pyridine rings is 2. The fourth-order valence-electron chi connectivity index (χ4n) is 7.31. The van der Waals surface area contributed by atoms with Crippen molar-refractivity contribution in [1.82, 2.24) is 19.8 Å². The third-order valence-electron chi connectivity index (χ3n) is 9.91. The van der Waals surface area contributed by atoms with Crippen LogP contribution < -0.4 is 30.1 Å². The highest BCUT2D eigenvalue weighted by molar-refractivity contribution is 5.97. The van der Waals surface area contributed by atoms with Gasteiger partial charge in [0, 0.05) is 44.7 Å². The Kier molecular flexibility index (Phi) is 9.64. The zero-order valence-electron chi connectivity index (χ0n) is 28.4. The van der Waals surface area contributed by atoms with E-state index in [4.69, 9.17) is 19.2 Å². The predicted molar refractivity (Wildman–Crippen MR) is 189 cm³/mol. The molecule has 3 aliphatic rings. The lowest BCUT2D eigenvalue weighted by Gasteiger charge is -2.39. The molecular formula is C37H37N7O8. The molecule has 2 N–H and O–H groups in total. The molecule has 2 aromatic carbocycles. The Labute approximate surface area is 298 Å². The molecule has 1 saturated carbocycles. The molecule has 7 rings (SSSR count). The van der Waals surface area contributed by atoms with Crippen LogP contribution in [0.1, 0.15) is 30.4 Å². The first-order chi connectivity index (χ1) is 25.2. The van der Waals surface area contributed by atoms with Gasteiger partial charge in [-0.05, 0) is 66.3 Å². The molecule has 0 radical (unpaired) electrons. The third-order valence-corrected chi connectivity index (χ3v) is 9.91. The minimum atomic E-state index is -1.13. The summed E-state index contributed by atoms with van der Waals surface area (Å²) >= 11 is 0. The summed E-state index contributed by atoms with van der Waals surface area (Å²) in [5, 5.41) is 21.9. The van der Waals surface area contributed by atoms with Crippen LogP contribution >= 0.6 is 0 Å². The first-order valence-corrected chi connectivity index (χ1v) is 17.0. The molecule has 0 spiro atoms. The number of nitrogens with zero attached hydrogens (tertiary/aromatic N) is 6. The minimum Gasteiger partial charge on any atom is -0.497 e. The standard InChI is InChI=1S/C37H37N7O8/c1-50-27-8-3-23(4-9-27)21-43-34(46)22-51-30-11-12-32(40-35(30)43)44-28-10-7-26(19-31(28)52-37(44)49)41(15-14-39-36(47)48)16-17-42-29-18-24(20-38)2-5-25(29)6-13-33(42)45/h2-6,8-9,11-13,18,26,28,31,39H,7,10,14-17,19,21-22H2,1H3,(H,47,48)/t26-,28-,31+/m0/s1. The van der Waals surface area contributed by atoms with Crippen molar-refractivity contribution in [3.63, 3.8) is 0 Å². The number of ether oxygens (including phenoxy) is 3. The largest absolute Gasteiger partial charge is 0.497 e. The normalized spacial score (nSPS) is 19.4. The highest BCUT2D eigenvalue weighted by Gasteiger charge is 2.48. The number of nitrogens with one attached hydrogen (secondary N) is 1. The molecular weight excluding hydrogens is 670 g/mol.